The van der Waals surface area contributed by atoms with Gasteiger partial charge in [0.2, 0.25) is 0 Å². The Morgan fingerprint density at radius 3 is 2.56 bits per heavy atom. The normalized spacial score (nSPS) is 11.2. The van der Waals surface area contributed by atoms with Crippen molar-refractivity contribution < 1.29 is 31.8 Å². The number of methoxy groups -OCH3 is 1. The molecule has 100 valence electrons. The molecule has 0 aliphatic heterocycles. The molecule has 0 saturated carbocycles. The van der Waals surface area contributed by atoms with Crippen molar-refractivity contribution >= 4 is 17.6 Å². The van der Waals surface area contributed by atoms with Gasteiger partial charge in [-0.25, -0.2) is 14.2 Å². The van der Waals surface area contributed by atoms with Gasteiger partial charge in [0.15, 0.2) is 17.3 Å². The quantitative estimate of drug-likeness (QED) is 0.487. The first-order chi connectivity index (χ1) is 8.30. The van der Waals surface area contributed by atoms with E-state index in [9.17, 15) is 22.4 Å². The summed E-state index contributed by atoms with van der Waals surface area (Å²) in [6, 6.07) is 0. The van der Waals surface area contributed by atoms with Crippen LogP contribution in [-0.2, 0) is 10.6 Å². The Labute approximate surface area is 103 Å². The number of carbonyl (C=O) groups excluding carboxylic acids is 1. The highest BCUT2D eigenvalue weighted by atomic mass is 35.5. The molecule has 1 rings (SSSR count). The first kappa shape index (κ1) is 14.5. The molecule has 4 nitrogen and oxygen atoms in total. The van der Waals surface area contributed by atoms with Crippen molar-refractivity contribution in [3.63, 3.8) is 0 Å². The summed E-state index contributed by atoms with van der Waals surface area (Å²) in [5.41, 5.74) is -1.25. The van der Waals surface area contributed by atoms with E-state index >= 15 is 0 Å². The largest absolute Gasteiger partial charge is 0.573 e. The first-order valence-corrected chi connectivity index (χ1v) is 4.91. The van der Waals surface area contributed by atoms with E-state index in [1.165, 1.54) is 0 Å². The van der Waals surface area contributed by atoms with E-state index in [-0.39, 0.29) is 5.56 Å². The molecule has 1 aromatic rings. The minimum absolute atomic E-state index is 0.334. The smallest absolute Gasteiger partial charge is 0.464 e. The molecule has 0 fully saturated rings. The summed E-state index contributed by atoms with van der Waals surface area (Å²) >= 11 is 5.33. The number of alkyl halides is 4. The third-order valence-electron chi connectivity index (χ3n) is 1.79. The van der Waals surface area contributed by atoms with Gasteiger partial charge in [0.25, 0.3) is 0 Å². The highest BCUT2D eigenvalue weighted by molar-refractivity contribution is 6.17. The zero-order chi connectivity index (χ0) is 13.9. The lowest BCUT2D eigenvalue weighted by Crippen LogP contribution is -2.20. The van der Waals surface area contributed by atoms with Gasteiger partial charge in [-0.2, -0.15) is 0 Å². The Morgan fingerprint density at radius 1 is 1.50 bits per heavy atom. The first-order valence-electron chi connectivity index (χ1n) is 4.37. The predicted molar refractivity (Wildman–Crippen MR) is 51.8 cm³/mol. The van der Waals surface area contributed by atoms with Gasteiger partial charge < -0.3 is 9.47 Å². The Bertz CT molecular complexity index is 464. The number of halogens is 5. The zero-order valence-corrected chi connectivity index (χ0v) is 9.60. The van der Waals surface area contributed by atoms with E-state index in [0.717, 1.165) is 13.3 Å². The van der Waals surface area contributed by atoms with Crippen LogP contribution < -0.4 is 4.74 Å². The molecular weight excluding hydrogens is 282 g/mol. The molecule has 0 bridgehead atoms. The minimum atomic E-state index is -5.11. The maximum absolute atomic E-state index is 13.6. The number of hydrogen-bond donors (Lipinski definition) is 0. The van der Waals surface area contributed by atoms with E-state index < -0.39 is 35.5 Å². The Morgan fingerprint density at radius 2 is 2.11 bits per heavy atom. The second-order valence-electron chi connectivity index (χ2n) is 2.95. The van der Waals surface area contributed by atoms with Gasteiger partial charge >= 0.3 is 12.3 Å². The summed E-state index contributed by atoms with van der Waals surface area (Å²) in [6.07, 6.45) is -4.31. The number of aromatic nitrogens is 1. The highest BCUT2D eigenvalue weighted by Crippen LogP contribution is 2.31. The van der Waals surface area contributed by atoms with Crippen LogP contribution in [0.1, 0.15) is 16.1 Å². The molecule has 0 N–H and O–H groups in total. The molecule has 9 heteroatoms. The van der Waals surface area contributed by atoms with Gasteiger partial charge in [-0.3, -0.25) is 0 Å². The Kier molecular flexibility index (Phi) is 4.33. The van der Waals surface area contributed by atoms with Crippen molar-refractivity contribution in [1.29, 1.82) is 0 Å². The van der Waals surface area contributed by atoms with E-state index in [0.29, 0.717) is 0 Å². The van der Waals surface area contributed by atoms with Crippen LogP contribution in [0.5, 0.6) is 5.75 Å². The van der Waals surface area contributed by atoms with Crippen molar-refractivity contribution in [3.8, 4) is 5.75 Å². The lowest BCUT2D eigenvalue weighted by atomic mass is 10.2. The van der Waals surface area contributed by atoms with E-state index in [1.54, 1.807) is 0 Å². The Hall–Kier alpha value is -1.57. The number of esters is 1. The van der Waals surface area contributed by atoms with Crippen molar-refractivity contribution in [2.24, 2.45) is 0 Å². The molecule has 0 radical (unpaired) electrons. The molecule has 0 spiro atoms. The monoisotopic (exact) mass is 287 g/mol. The number of carbonyl (C=O) groups is 1. The van der Waals surface area contributed by atoms with Crippen LogP contribution in [0.3, 0.4) is 0 Å². The predicted octanol–water partition coefficient (Wildman–Crippen LogP) is 2.64. The number of pyridine rings is 1. The average molecular weight is 288 g/mol. The second kappa shape index (κ2) is 5.38. The van der Waals surface area contributed by atoms with Crippen LogP contribution in [0.15, 0.2) is 6.20 Å². The molecule has 0 aromatic carbocycles. The van der Waals surface area contributed by atoms with Gasteiger partial charge in [0.05, 0.1) is 13.0 Å². The van der Waals surface area contributed by atoms with Gasteiger partial charge in [0, 0.05) is 11.8 Å². The van der Waals surface area contributed by atoms with Crippen LogP contribution in [-0.4, -0.2) is 24.4 Å². The lowest BCUT2D eigenvalue weighted by Gasteiger charge is -2.13. The SMILES string of the molecule is COC(=O)c1ncc(CCl)c(OC(F)(F)F)c1F. The fourth-order valence-electron chi connectivity index (χ4n) is 1.07. The summed E-state index contributed by atoms with van der Waals surface area (Å²) in [5.74, 6) is -4.44. The van der Waals surface area contributed by atoms with Crippen LogP contribution in [0.25, 0.3) is 0 Å². The van der Waals surface area contributed by atoms with Gasteiger partial charge in [0.1, 0.15) is 0 Å². The van der Waals surface area contributed by atoms with Crippen LogP contribution >= 0.6 is 11.6 Å². The van der Waals surface area contributed by atoms with Crippen molar-refractivity contribution in [2.45, 2.75) is 12.2 Å². The molecule has 0 aliphatic rings. The average Bonchev–Trinajstić information content (AvgIpc) is 2.29. The van der Waals surface area contributed by atoms with E-state index in [4.69, 9.17) is 11.6 Å². The summed E-state index contributed by atoms with van der Waals surface area (Å²) in [4.78, 5) is 14.4. The maximum atomic E-state index is 13.6. The van der Waals surface area contributed by atoms with Gasteiger partial charge in [-0.05, 0) is 0 Å². The van der Waals surface area contributed by atoms with Crippen LogP contribution in [0.2, 0.25) is 0 Å². The van der Waals surface area contributed by atoms with Crippen LogP contribution in [0, 0.1) is 5.82 Å². The standard InChI is InChI=1S/C9H6ClF4NO3/c1-17-8(16)6-5(11)7(18-9(12,13)14)4(2-10)3-15-6/h3H,2H2,1H3. The molecule has 0 unspecified atom stereocenters. The third-order valence-corrected chi connectivity index (χ3v) is 2.08. The number of hydrogen-bond acceptors (Lipinski definition) is 4. The summed E-state index contributed by atoms with van der Waals surface area (Å²) in [5, 5.41) is 0. The summed E-state index contributed by atoms with van der Waals surface area (Å²) < 4.78 is 57.5. The van der Waals surface area contributed by atoms with Crippen molar-refractivity contribution in [2.75, 3.05) is 7.11 Å². The zero-order valence-electron chi connectivity index (χ0n) is 8.85. The molecule has 0 aliphatic carbocycles. The topological polar surface area (TPSA) is 48.4 Å². The van der Waals surface area contributed by atoms with Gasteiger partial charge in [-0.1, -0.05) is 0 Å². The van der Waals surface area contributed by atoms with E-state index in [2.05, 4.69) is 14.5 Å². The molecule has 0 saturated heterocycles. The van der Waals surface area contributed by atoms with Crippen molar-refractivity contribution in [1.82, 2.24) is 4.98 Å². The molecule has 1 aromatic heterocycles. The maximum Gasteiger partial charge on any atom is 0.573 e. The second-order valence-corrected chi connectivity index (χ2v) is 3.22. The number of rotatable bonds is 3. The Balaban J connectivity index is 3.31. The molecule has 1 heterocycles. The fraction of sp³-hybridized carbons (Fsp3) is 0.333. The molecule has 18 heavy (non-hydrogen) atoms. The van der Waals surface area contributed by atoms with E-state index in [1.807, 2.05) is 0 Å². The van der Waals surface area contributed by atoms with Gasteiger partial charge in [-0.15, -0.1) is 24.8 Å². The molecule has 0 atom stereocenters. The fourth-order valence-corrected chi connectivity index (χ4v) is 1.26. The van der Waals surface area contributed by atoms with Crippen molar-refractivity contribution in [3.05, 3.63) is 23.3 Å². The summed E-state index contributed by atoms with van der Waals surface area (Å²) in [6.45, 7) is 0. The van der Waals surface area contributed by atoms with Crippen LogP contribution in [0.4, 0.5) is 17.6 Å². The molecular formula is C9H6ClF4NO3. The molecule has 0 amide bonds. The number of ether oxygens (including phenoxy) is 2. The summed E-state index contributed by atoms with van der Waals surface area (Å²) in [7, 11) is 0.934. The minimum Gasteiger partial charge on any atom is -0.464 e. The number of nitrogens with zero attached hydrogens (tertiary/aromatic N) is 1. The third kappa shape index (κ3) is 3.22. The highest BCUT2D eigenvalue weighted by Gasteiger charge is 2.35. The lowest BCUT2D eigenvalue weighted by molar-refractivity contribution is -0.275.